The molecule has 0 aliphatic heterocycles. The molecule has 1 aromatic heterocycles. The molecule has 3 rings (SSSR count). The van der Waals surface area contributed by atoms with Gasteiger partial charge in [-0.25, -0.2) is 4.98 Å². The van der Waals surface area contributed by atoms with E-state index in [1.165, 1.54) is 11.8 Å². The first kappa shape index (κ1) is 15.6. The molecule has 3 aromatic rings. The molecule has 2 aromatic carbocycles. The lowest BCUT2D eigenvalue weighted by molar-refractivity contribution is -0.107. The third kappa shape index (κ3) is 3.54. The molecule has 1 heterocycles. The van der Waals surface area contributed by atoms with Crippen molar-refractivity contribution >= 4 is 18.0 Å². The van der Waals surface area contributed by atoms with Gasteiger partial charge in [0, 0.05) is 11.1 Å². The van der Waals surface area contributed by atoms with Gasteiger partial charge in [-0.3, -0.25) is 0 Å². The van der Waals surface area contributed by atoms with Crippen LogP contribution in [0.2, 0.25) is 0 Å². The molecule has 0 bridgehead atoms. The summed E-state index contributed by atoms with van der Waals surface area (Å²) >= 11 is 1.37. The van der Waals surface area contributed by atoms with Crippen molar-refractivity contribution in [3.05, 3.63) is 60.7 Å². The molecule has 0 aliphatic carbocycles. The maximum Gasteiger partial charge on any atom is 0.257 e. The average molecular weight is 323 g/mol. The van der Waals surface area contributed by atoms with Gasteiger partial charge in [-0.15, -0.1) is 0 Å². The fourth-order valence-corrected chi connectivity index (χ4v) is 3.02. The summed E-state index contributed by atoms with van der Waals surface area (Å²) in [4.78, 5) is 15.7. The highest BCUT2D eigenvalue weighted by molar-refractivity contribution is 8.00. The Labute approximate surface area is 139 Å². The van der Waals surface area contributed by atoms with E-state index in [4.69, 9.17) is 4.42 Å². The Hall–Kier alpha value is -2.33. The van der Waals surface area contributed by atoms with E-state index < -0.39 is 0 Å². The van der Waals surface area contributed by atoms with Gasteiger partial charge in [-0.1, -0.05) is 79.3 Å². The highest BCUT2D eigenvalue weighted by Gasteiger charge is 2.19. The second-order valence-electron chi connectivity index (χ2n) is 5.09. The quantitative estimate of drug-likeness (QED) is 0.469. The molecule has 0 aliphatic rings. The summed E-state index contributed by atoms with van der Waals surface area (Å²) in [5.74, 6) is 0.736. The zero-order valence-electron chi connectivity index (χ0n) is 12.8. The first-order valence-corrected chi connectivity index (χ1v) is 8.43. The van der Waals surface area contributed by atoms with Gasteiger partial charge in [0.2, 0.25) is 0 Å². The van der Waals surface area contributed by atoms with Gasteiger partial charge in [0.25, 0.3) is 5.22 Å². The minimum absolute atomic E-state index is 0.138. The minimum atomic E-state index is -0.138. The van der Waals surface area contributed by atoms with Gasteiger partial charge in [-0.2, -0.15) is 0 Å². The number of thioether (sulfide) groups is 1. The second kappa shape index (κ2) is 7.29. The number of carbonyl (C=O) groups is 1. The largest absolute Gasteiger partial charge is 0.431 e. The van der Waals surface area contributed by atoms with Crippen molar-refractivity contribution in [1.29, 1.82) is 0 Å². The van der Waals surface area contributed by atoms with Gasteiger partial charge >= 0.3 is 0 Å². The van der Waals surface area contributed by atoms with Crippen LogP contribution in [0.15, 0.2) is 70.3 Å². The summed E-state index contributed by atoms with van der Waals surface area (Å²) in [7, 11) is 0. The lowest BCUT2D eigenvalue weighted by Gasteiger charge is -2.01. The molecule has 116 valence electrons. The van der Waals surface area contributed by atoms with Crippen LogP contribution in [0, 0.1) is 0 Å². The smallest absolute Gasteiger partial charge is 0.257 e. The minimum Gasteiger partial charge on any atom is -0.431 e. The molecule has 0 fully saturated rings. The van der Waals surface area contributed by atoms with Gasteiger partial charge in [0.15, 0.2) is 5.76 Å². The van der Waals surface area contributed by atoms with Crippen LogP contribution in [0.5, 0.6) is 0 Å². The number of benzene rings is 2. The zero-order chi connectivity index (χ0) is 16.1. The molecular weight excluding hydrogens is 306 g/mol. The third-order valence-electron chi connectivity index (χ3n) is 3.50. The first-order chi connectivity index (χ1) is 11.3. The van der Waals surface area contributed by atoms with Crippen LogP contribution < -0.4 is 0 Å². The number of aromatic nitrogens is 1. The summed E-state index contributed by atoms with van der Waals surface area (Å²) in [5.41, 5.74) is 2.78. The molecule has 0 spiro atoms. The number of aldehydes is 1. The molecule has 0 N–H and O–H groups in total. The zero-order valence-corrected chi connectivity index (χ0v) is 13.6. The Kier molecular flexibility index (Phi) is 4.93. The van der Waals surface area contributed by atoms with E-state index in [0.29, 0.717) is 5.22 Å². The fourth-order valence-electron chi connectivity index (χ4n) is 2.26. The maximum absolute atomic E-state index is 11.1. The van der Waals surface area contributed by atoms with Crippen molar-refractivity contribution in [2.24, 2.45) is 0 Å². The maximum atomic E-state index is 11.1. The number of carbonyl (C=O) groups excluding carboxylic acids is 1. The Morgan fingerprint density at radius 1 is 1.04 bits per heavy atom. The van der Waals surface area contributed by atoms with Crippen molar-refractivity contribution in [1.82, 2.24) is 4.98 Å². The molecule has 0 radical (unpaired) electrons. The van der Waals surface area contributed by atoms with Crippen LogP contribution in [-0.4, -0.2) is 16.5 Å². The van der Waals surface area contributed by atoms with E-state index >= 15 is 0 Å². The lowest BCUT2D eigenvalue weighted by atomic mass is 10.1. The number of rotatable bonds is 6. The number of hydrogen-bond donors (Lipinski definition) is 0. The molecule has 4 heteroatoms. The van der Waals surface area contributed by atoms with Gasteiger partial charge in [-0.05, 0) is 6.42 Å². The third-order valence-corrected chi connectivity index (χ3v) is 4.62. The lowest BCUT2D eigenvalue weighted by Crippen LogP contribution is -2.00. The van der Waals surface area contributed by atoms with Crippen LogP contribution in [0.3, 0.4) is 0 Å². The Bertz CT molecular complexity index is 712. The monoisotopic (exact) mass is 323 g/mol. The van der Waals surface area contributed by atoms with Crippen LogP contribution in [0.4, 0.5) is 0 Å². The molecule has 1 atom stereocenters. The number of hydrogen-bond acceptors (Lipinski definition) is 4. The number of oxazole rings is 1. The first-order valence-electron chi connectivity index (χ1n) is 7.55. The molecule has 0 saturated carbocycles. The normalized spacial score (nSPS) is 12.0. The van der Waals surface area contributed by atoms with Gasteiger partial charge in [0.1, 0.15) is 12.0 Å². The van der Waals surface area contributed by atoms with Gasteiger partial charge < -0.3 is 9.21 Å². The van der Waals surface area contributed by atoms with Crippen LogP contribution in [-0.2, 0) is 4.79 Å². The van der Waals surface area contributed by atoms with E-state index in [9.17, 15) is 4.79 Å². The molecule has 0 saturated heterocycles. The van der Waals surface area contributed by atoms with E-state index in [2.05, 4.69) is 4.98 Å². The van der Waals surface area contributed by atoms with Crippen molar-refractivity contribution < 1.29 is 9.21 Å². The van der Waals surface area contributed by atoms with Crippen LogP contribution in [0.1, 0.15) is 13.3 Å². The standard InChI is InChI=1S/C19H17NO2S/c1-2-16(13-21)23-19-20-17(14-9-5-3-6-10-14)18(22-19)15-11-7-4-8-12-15/h3-13,16H,2H2,1H3. The van der Waals surface area contributed by atoms with E-state index in [1.807, 2.05) is 67.6 Å². The van der Waals surface area contributed by atoms with E-state index in [0.717, 1.165) is 35.3 Å². The van der Waals surface area contributed by atoms with Crippen LogP contribution >= 0.6 is 11.8 Å². The average Bonchev–Trinajstić information content (AvgIpc) is 3.05. The van der Waals surface area contributed by atoms with Crippen molar-refractivity contribution in [2.45, 2.75) is 23.8 Å². The number of nitrogens with zero attached hydrogens (tertiary/aromatic N) is 1. The summed E-state index contributed by atoms with van der Waals surface area (Å²) < 4.78 is 5.98. The summed E-state index contributed by atoms with van der Waals surface area (Å²) in [6.07, 6.45) is 1.69. The van der Waals surface area contributed by atoms with E-state index in [1.54, 1.807) is 0 Å². The highest BCUT2D eigenvalue weighted by Crippen LogP contribution is 2.36. The van der Waals surface area contributed by atoms with Crippen molar-refractivity contribution in [3.8, 4) is 22.6 Å². The summed E-state index contributed by atoms with van der Waals surface area (Å²) in [6, 6.07) is 19.9. The summed E-state index contributed by atoms with van der Waals surface area (Å²) in [5, 5.41) is 0.391. The molecule has 0 amide bonds. The SMILES string of the molecule is CCC(C=O)Sc1nc(-c2ccccc2)c(-c2ccccc2)o1. The van der Waals surface area contributed by atoms with Crippen LogP contribution in [0.25, 0.3) is 22.6 Å². The highest BCUT2D eigenvalue weighted by atomic mass is 32.2. The van der Waals surface area contributed by atoms with Gasteiger partial charge in [0.05, 0.1) is 5.25 Å². The van der Waals surface area contributed by atoms with Crippen molar-refractivity contribution in [3.63, 3.8) is 0 Å². The Morgan fingerprint density at radius 2 is 1.65 bits per heavy atom. The Balaban J connectivity index is 2.06. The molecular formula is C19H17NO2S. The second-order valence-corrected chi connectivity index (χ2v) is 6.28. The van der Waals surface area contributed by atoms with E-state index in [-0.39, 0.29) is 5.25 Å². The summed E-state index contributed by atoms with van der Waals surface area (Å²) in [6.45, 7) is 1.98. The fraction of sp³-hybridized carbons (Fsp3) is 0.158. The van der Waals surface area contributed by atoms with Crippen molar-refractivity contribution in [2.75, 3.05) is 0 Å². The molecule has 23 heavy (non-hydrogen) atoms. The predicted octanol–water partition coefficient (Wildman–Crippen LogP) is 5.08. The Morgan fingerprint density at radius 3 is 2.22 bits per heavy atom. The molecule has 1 unspecified atom stereocenters. The topological polar surface area (TPSA) is 43.1 Å². The predicted molar refractivity (Wildman–Crippen MR) is 93.4 cm³/mol. The molecule has 3 nitrogen and oxygen atoms in total.